The van der Waals surface area contributed by atoms with E-state index < -0.39 is 0 Å². The average molecular weight is 155 g/mol. The van der Waals surface area contributed by atoms with Crippen molar-refractivity contribution in [2.45, 2.75) is 6.92 Å². The van der Waals surface area contributed by atoms with E-state index in [-0.39, 0.29) is 0 Å². The molecule has 1 heterocycles. The lowest BCUT2D eigenvalue weighted by Crippen LogP contribution is -1.88. The van der Waals surface area contributed by atoms with Gasteiger partial charge in [-0.1, -0.05) is 17.5 Å². The number of hydrogen-bond donors (Lipinski definition) is 0. The Morgan fingerprint density at radius 2 is 2.30 bits per heavy atom. The largest absolute Gasteiger partial charge is 0.256 e. The first kappa shape index (κ1) is 7.17. The fourth-order valence-corrected chi connectivity index (χ4v) is 1.02. The van der Waals surface area contributed by atoms with E-state index in [2.05, 4.69) is 11.0 Å². The van der Waals surface area contributed by atoms with Crippen molar-refractivity contribution in [1.29, 1.82) is 0 Å². The Kier molecular flexibility index (Phi) is 1.69. The summed E-state index contributed by atoms with van der Waals surface area (Å²) in [6.07, 6.45) is 5.18. The highest BCUT2D eigenvalue weighted by atomic mass is 35.5. The number of rotatable bonds is 0. The Bertz CT molecular complexity index is 293. The van der Waals surface area contributed by atoms with Crippen LogP contribution in [-0.4, -0.2) is 9.78 Å². The smallest absolute Gasteiger partial charge is 0.142 e. The van der Waals surface area contributed by atoms with Crippen molar-refractivity contribution in [2.24, 2.45) is 7.05 Å². The maximum absolute atomic E-state index is 5.77. The van der Waals surface area contributed by atoms with Crippen LogP contribution in [-0.2, 0) is 7.05 Å². The summed E-state index contributed by atoms with van der Waals surface area (Å²) in [6, 6.07) is 0. The maximum Gasteiger partial charge on any atom is 0.142 e. The van der Waals surface area contributed by atoms with E-state index in [9.17, 15) is 0 Å². The third-order valence-electron chi connectivity index (χ3n) is 1.30. The molecule has 0 bridgehead atoms. The van der Waals surface area contributed by atoms with Crippen molar-refractivity contribution in [3.8, 4) is 12.3 Å². The molecule has 0 aliphatic rings. The van der Waals surface area contributed by atoms with Crippen LogP contribution in [0.4, 0.5) is 0 Å². The van der Waals surface area contributed by atoms with Gasteiger partial charge in [0.2, 0.25) is 0 Å². The van der Waals surface area contributed by atoms with Gasteiger partial charge in [-0.3, -0.25) is 4.68 Å². The fraction of sp³-hybridized carbons (Fsp3) is 0.286. The van der Waals surface area contributed by atoms with E-state index in [1.807, 2.05) is 6.92 Å². The minimum Gasteiger partial charge on any atom is -0.256 e. The zero-order chi connectivity index (χ0) is 7.72. The molecule has 0 fully saturated rings. The molecule has 0 unspecified atom stereocenters. The Hall–Kier alpha value is -0.940. The normalized spacial score (nSPS) is 9.40. The molecule has 0 aliphatic heterocycles. The van der Waals surface area contributed by atoms with Gasteiger partial charge < -0.3 is 0 Å². The van der Waals surface area contributed by atoms with Gasteiger partial charge in [0.25, 0.3) is 0 Å². The van der Waals surface area contributed by atoms with Crippen LogP contribution in [0, 0.1) is 19.3 Å². The summed E-state index contributed by atoms with van der Waals surface area (Å²) < 4.78 is 1.56. The molecule has 0 aromatic carbocycles. The summed E-state index contributed by atoms with van der Waals surface area (Å²) in [5, 5.41) is 4.55. The van der Waals surface area contributed by atoms with Crippen LogP contribution < -0.4 is 0 Å². The molecule has 0 spiro atoms. The summed E-state index contributed by atoms with van der Waals surface area (Å²) in [4.78, 5) is 0. The number of halogens is 1. The van der Waals surface area contributed by atoms with Gasteiger partial charge in [-0.2, -0.15) is 5.10 Å². The number of aryl methyl sites for hydroxylation is 2. The van der Waals surface area contributed by atoms with Crippen LogP contribution >= 0.6 is 11.6 Å². The first-order valence-electron chi connectivity index (χ1n) is 2.82. The van der Waals surface area contributed by atoms with E-state index in [0.717, 1.165) is 5.69 Å². The molecule has 0 atom stereocenters. The van der Waals surface area contributed by atoms with Crippen molar-refractivity contribution in [2.75, 3.05) is 0 Å². The molecule has 10 heavy (non-hydrogen) atoms. The predicted molar refractivity (Wildman–Crippen MR) is 40.9 cm³/mol. The van der Waals surface area contributed by atoms with Gasteiger partial charge in [0.15, 0.2) is 0 Å². The molecule has 1 rings (SSSR count). The lowest BCUT2D eigenvalue weighted by molar-refractivity contribution is 0.757. The van der Waals surface area contributed by atoms with Crippen molar-refractivity contribution < 1.29 is 0 Å². The Morgan fingerprint density at radius 1 is 1.70 bits per heavy atom. The topological polar surface area (TPSA) is 17.8 Å². The molecule has 1 aromatic heterocycles. The van der Waals surface area contributed by atoms with Gasteiger partial charge in [-0.15, -0.1) is 6.42 Å². The molecule has 0 saturated carbocycles. The highest BCUT2D eigenvalue weighted by Crippen LogP contribution is 2.16. The second-order valence-corrected chi connectivity index (χ2v) is 2.38. The molecule has 0 amide bonds. The summed E-state index contributed by atoms with van der Waals surface area (Å²) >= 11 is 5.77. The van der Waals surface area contributed by atoms with Crippen LogP contribution in [0.25, 0.3) is 0 Å². The lowest BCUT2D eigenvalue weighted by atomic mass is 10.3. The second kappa shape index (κ2) is 2.36. The van der Waals surface area contributed by atoms with Crippen LogP contribution in [0.2, 0.25) is 5.15 Å². The van der Waals surface area contributed by atoms with Gasteiger partial charge in [0.05, 0.1) is 11.3 Å². The first-order chi connectivity index (χ1) is 4.66. The van der Waals surface area contributed by atoms with Crippen LogP contribution in [0.5, 0.6) is 0 Å². The Labute approximate surface area is 64.8 Å². The molecule has 1 aromatic rings. The molecule has 0 N–H and O–H groups in total. The molecule has 0 radical (unpaired) electrons. The molecular formula is C7H7ClN2. The molecule has 3 heteroatoms. The lowest BCUT2D eigenvalue weighted by Gasteiger charge is -1.87. The zero-order valence-electron chi connectivity index (χ0n) is 5.85. The third-order valence-corrected chi connectivity index (χ3v) is 1.73. The van der Waals surface area contributed by atoms with E-state index >= 15 is 0 Å². The Balaban J connectivity index is 3.37. The van der Waals surface area contributed by atoms with Gasteiger partial charge in [-0.25, -0.2) is 0 Å². The summed E-state index contributed by atoms with van der Waals surface area (Å²) in [7, 11) is 1.76. The van der Waals surface area contributed by atoms with Crippen molar-refractivity contribution in [3.05, 3.63) is 16.4 Å². The minimum absolute atomic E-state index is 0.528. The molecule has 0 saturated heterocycles. The molecule has 2 nitrogen and oxygen atoms in total. The summed E-state index contributed by atoms with van der Waals surface area (Å²) in [6.45, 7) is 1.83. The van der Waals surface area contributed by atoms with E-state index in [1.54, 1.807) is 11.7 Å². The number of hydrogen-bond acceptors (Lipinski definition) is 1. The zero-order valence-corrected chi connectivity index (χ0v) is 6.61. The predicted octanol–water partition coefficient (Wildman–Crippen LogP) is 1.36. The standard InChI is InChI=1S/C7H7ClN2/c1-4-6-5(2)9-10(3)7(6)8/h1H,2-3H3. The fourth-order valence-electron chi connectivity index (χ4n) is 0.794. The van der Waals surface area contributed by atoms with Gasteiger partial charge >= 0.3 is 0 Å². The SMILES string of the molecule is C#Cc1c(C)nn(C)c1Cl. The van der Waals surface area contributed by atoms with Crippen molar-refractivity contribution in [1.82, 2.24) is 9.78 Å². The minimum atomic E-state index is 0.528. The average Bonchev–Trinajstić information content (AvgIpc) is 2.09. The van der Waals surface area contributed by atoms with Crippen molar-refractivity contribution >= 4 is 11.6 Å². The van der Waals surface area contributed by atoms with Crippen LogP contribution in [0.15, 0.2) is 0 Å². The summed E-state index contributed by atoms with van der Waals surface area (Å²) in [5.41, 5.74) is 1.49. The Morgan fingerprint density at radius 3 is 2.50 bits per heavy atom. The molecular weight excluding hydrogens is 148 g/mol. The maximum atomic E-state index is 5.77. The van der Waals surface area contributed by atoms with Crippen LogP contribution in [0.3, 0.4) is 0 Å². The van der Waals surface area contributed by atoms with Gasteiger partial charge in [-0.05, 0) is 6.92 Å². The quantitative estimate of drug-likeness (QED) is 0.516. The molecule has 0 aliphatic carbocycles. The second-order valence-electron chi connectivity index (χ2n) is 2.02. The highest BCUT2D eigenvalue weighted by Gasteiger charge is 2.06. The molecule has 52 valence electrons. The number of aromatic nitrogens is 2. The highest BCUT2D eigenvalue weighted by molar-refractivity contribution is 6.30. The number of terminal acetylenes is 1. The third kappa shape index (κ3) is 0.891. The monoisotopic (exact) mass is 154 g/mol. The van der Waals surface area contributed by atoms with Gasteiger partial charge in [0, 0.05) is 7.05 Å². The van der Waals surface area contributed by atoms with Gasteiger partial charge in [0.1, 0.15) is 5.15 Å². The van der Waals surface area contributed by atoms with Crippen LogP contribution in [0.1, 0.15) is 11.3 Å². The summed E-state index contributed by atoms with van der Waals surface area (Å²) in [5.74, 6) is 2.47. The van der Waals surface area contributed by atoms with E-state index in [0.29, 0.717) is 10.7 Å². The first-order valence-corrected chi connectivity index (χ1v) is 3.20. The van der Waals surface area contributed by atoms with E-state index in [4.69, 9.17) is 18.0 Å². The number of nitrogens with zero attached hydrogens (tertiary/aromatic N) is 2. The van der Waals surface area contributed by atoms with Crippen molar-refractivity contribution in [3.63, 3.8) is 0 Å². The van der Waals surface area contributed by atoms with E-state index in [1.165, 1.54) is 0 Å².